The molecule has 5 nitrogen and oxygen atoms in total. The highest BCUT2D eigenvalue weighted by molar-refractivity contribution is 5.64. The van der Waals surface area contributed by atoms with E-state index in [1.807, 2.05) is 6.07 Å². The van der Waals surface area contributed by atoms with E-state index in [4.69, 9.17) is 0 Å². The van der Waals surface area contributed by atoms with Gasteiger partial charge in [0.25, 0.3) is 0 Å². The Hall–Kier alpha value is -2.66. The van der Waals surface area contributed by atoms with E-state index >= 15 is 0 Å². The predicted octanol–water partition coefficient (Wildman–Crippen LogP) is 3.32. The molecule has 2 aromatic rings. The zero-order valence-electron chi connectivity index (χ0n) is 14.6. The maximum absolute atomic E-state index is 12.8. The molecule has 27 heavy (non-hydrogen) atoms. The first-order valence-corrected chi connectivity index (χ1v) is 8.90. The molecule has 0 spiro atoms. The Balaban J connectivity index is 1.58. The second kappa shape index (κ2) is 6.82. The fourth-order valence-corrected chi connectivity index (χ4v) is 3.38. The molecule has 0 unspecified atom stereocenters. The lowest BCUT2D eigenvalue weighted by molar-refractivity contribution is -0.137. The summed E-state index contributed by atoms with van der Waals surface area (Å²) in [6, 6.07) is 9.22. The minimum atomic E-state index is -4.38. The van der Waals surface area contributed by atoms with E-state index in [1.165, 1.54) is 25.0 Å². The van der Waals surface area contributed by atoms with Crippen LogP contribution in [0.2, 0.25) is 0 Å². The number of piperazine rings is 1. The van der Waals surface area contributed by atoms with E-state index in [1.54, 1.807) is 6.07 Å². The van der Waals surface area contributed by atoms with E-state index in [-0.39, 0.29) is 5.82 Å². The molecule has 1 aromatic carbocycles. The molecule has 1 aromatic heterocycles. The summed E-state index contributed by atoms with van der Waals surface area (Å²) in [5.41, 5.74) is 0.270. The molecular formula is C19H18F3N5. The van der Waals surface area contributed by atoms with Crippen LogP contribution in [0.15, 0.2) is 30.3 Å². The van der Waals surface area contributed by atoms with Gasteiger partial charge in [-0.05, 0) is 25.0 Å². The van der Waals surface area contributed by atoms with Crippen molar-refractivity contribution in [1.82, 2.24) is 14.9 Å². The summed E-state index contributed by atoms with van der Waals surface area (Å²) in [6.45, 7) is 3.52. The number of hydrogen-bond acceptors (Lipinski definition) is 5. The van der Waals surface area contributed by atoms with Crippen LogP contribution in [0, 0.1) is 11.3 Å². The van der Waals surface area contributed by atoms with Crippen molar-refractivity contribution in [3.05, 3.63) is 41.7 Å². The molecule has 4 rings (SSSR count). The molecular weight excluding hydrogens is 355 g/mol. The lowest BCUT2D eigenvalue weighted by Crippen LogP contribution is -2.47. The van der Waals surface area contributed by atoms with Crippen LogP contribution < -0.4 is 4.90 Å². The Morgan fingerprint density at radius 2 is 1.67 bits per heavy atom. The van der Waals surface area contributed by atoms with Gasteiger partial charge < -0.3 is 4.90 Å². The second-order valence-electron chi connectivity index (χ2n) is 6.88. The predicted molar refractivity (Wildman–Crippen MR) is 94.0 cm³/mol. The molecule has 2 fully saturated rings. The Morgan fingerprint density at radius 1 is 1.00 bits per heavy atom. The maximum atomic E-state index is 12.8. The van der Waals surface area contributed by atoms with Gasteiger partial charge in [0.2, 0.25) is 5.82 Å². The van der Waals surface area contributed by atoms with Crippen LogP contribution in [0.5, 0.6) is 0 Å². The van der Waals surface area contributed by atoms with E-state index < -0.39 is 11.7 Å². The highest BCUT2D eigenvalue weighted by Crippen LogP contribution is 2.32. The number of alkyl halides is 3. The molecule has 2 heterocycles. The third-order valence-corrected chi connectivity index (χ3v) is 5.02. The fourth-order valence-electron chi connectivity index (χ4n) is 3.38. The highest BCUT2D eigenvalue weighted by Gasteiger charge is 2.32. The molecule has 2 aliphatic rings. The fraction of sp³-hybridized carbons (Fsp3) is 0.421. The number of nitrogens with zero attached hydrogens (tertiary/aromatic N) is 5. The van der Waals surface area contributed by atoms with Crippen molar-refractivity contribution in [2.45, 2.75) is 25.1 Å². The summed E-state index contributed by atoms with van der Waals surface area (Å²) >= 11 is 0. The first kappa shape index (κ1) is 17.7. The van der Waals surface area contributed by atoms with Gasteiger partial charge in [0.1, 0.15) is 11.9 Å². The van der Waals surface area contributed by atoms with Crippen LogP contribution in [0.1, 0.15) is 24.2 Å². The van der Waals surface area contributed by atoms with Crippen LogP contribution in [-0.2, 0) is 6.18 Å². The lowest BCUT2D eigenvalue weighted by atomic mass is 10.1. The van der Waals surface area contributed by atoms with Gasteiger partial charge in [-0.25, -0.2) is 9.97 Å². The molecule has 1 aliphatic heterocycles. The Bertz CT molecular complexity index is 860. The quantitative estimate of drug-likeness (QED) is 0.826. The molecule has 140 valence electrons. The molecule has 1 saturated heterocycles. The number of nitriles is 1. The molecule has 0 atom stereocenters. The van der Waals surface area contributed by atoms with Gasteiger partial charge in [0, 0.05) is 43.9 Å². The first-order chi connectivity index (χ1) is 12.9. The highest BCUT2D eigenvalue weighted by atomic mass is 19.4. The van der Waals surface area contributed by atoms with E-state index in [0.29, 0.717) is 17.1 Å². The van der Waals surface area contributed by atoms with Crippen molar-refractivity contribution in [2.24, 2.45) is 0 Å². The van der Waals surface area contributed by atoms with Crippen molar-refractivity contribution < 1.29 is 13.2 Å². The second-order valence-corrected chi connectivity index (χ2v) is 6.88. The normalized spacial score (nSPS) is 18.4. The van der Waals surface area contributed by atoms with Crippen LogP contribution in [0.4, 0.5) is 19.0 Å². The molecule has 0 amide bonds. The van der Waals surface area contributed by atoms with Gasteiger partial charge >= 0.3 is 6.18 Å². The minimum absolute atomic E-state index is 0.0204. The summed E-state index contributed by atoms with van der Waals surface area (Å²) in [5.74, 6) is 0.666. The molecule has 8 heteroatoms. The average Bonchev–Trinajstić information content (AvgIpc) is 3.52. The molecule has 0 radical (unpaired) electrons. The zero-order valence-corrected chi connectivity index (χ0v) is 14.6. The number of halogens is 3. The largest absolute Gasteiger partial charge is 0.416 e. The molecule has 1 saturated carbocycles. The summed E-state index contributed by atoms with van der Waals surface area (Å²) in [4.78, 5) is 13.0. The maximum Gasteiger partial charge on any atom is 0.416 e. The molecule has 0 N–H and O–H groups in total. The topological polar surface area (TPSA) is 56.1 Å². The molecule has 0 bridgehead atoms. The Morgan fingerprint density at radius 3 is 2.22 bits per heavy atom. The zero-order chi connectivity index (χ0) is 19.0. The van der Waals surface area contributed by atoms with Crippen molar-refractivity contribution in [2.75, 3.05) is 31.1 Å². The lowest BCUT2D eigenvalue weighted by Gasteiger charge is -2.35. The monoisotopic (exact) mass is 373 g/mol. The Kier molecular flexibility index (Phi) is 4.48. The standard InChI is InChI=1S/C19H18F3N5/c20-19(21,22)14-3-1-13(2-4-14)16-11-18(25-17(12-23)24-16)27-9-7-26(8-10-27)15-5-6-15/h1-4,11,15H,5-10H2. The van der Waals surface area contributed by atoms with Crippen molar-refractivity contribution in [3.8, 4) is 17.3 Å². The first-order valence-electron chi connectivity index (χ1n) is 8.90. The van der Waals surface area contributed by atoms with E-state index in [2.05, 4.69) is 19.8 Å². The van der Waals surface area contributed by atoms with Crippen LogP contribution in [0.25, 0.3) is 11.3 Å². The average molecular weight is 373 g/mol. The smallest absolute Gasteiger partial charge is 0.354 e. The third-order valence-electron chi connectivity index (χ3n) is 5.02. The van der Waals surface area contributed by atoms with Crippen LogP contribution >= 0.6 is 0 Å². The van der Waals surface area contributed by atoms with Crippen molar-refractivity contribution in [3.63, 3.8) is 0 Å². The third kappa shape index (κ3) is 3.88. The number of anilines is 1. The SMILES string of the molecule is N#Cc1nc(-c2ccc(C(F)(F)F)cc2)cc(N2CCN(C3CC3)CC2)n1. The van der Waals surface area contributed by atoms with Gasteiger partial charge in [0.15, 0.2) is 0 Å². The van der Waals surface area contributed by atoms with E-state index in [0.717, 1.165) is 44.4 Å². The number of hydrogen-bond donors (Lipinski definition) is 0. The minimum Gasteiger partial charge on any atom is -0.354 e. The van der Waals surface area contributed by atoms with E-state index in [9.17, 15) is 18.4 Å². The summed E-state index contributed by atoms with van der Waals surface area (Å²) in [7, 11) is 0. The summed E-state index contributed by atoms with van der Waals surface area (Å²) < 4.78 is 38.3. The summed E-state index contributed by atoms with van der Waals surface area (Å²) in [6.07, 6.45) is -1.84. The number of aromatic nitrogens is 2. The van der Waals surface area contributed by atoms with Gasteiger partial charge in [-0.1, -0.05) is 12.1 Å². The Labute approximate surface area is 155 Å². The number of benzene rings is 1. The van der Waals surface area contributed by atoms with Gasteiger partial charge in [-0.15, -0.1) is 0 Å². The van der Waals surface area contributed by atoms with Crippen molar-refractivity contribution in [1.29, 1.82) is 5.26 Å². The molecule has 1 aliphatic carbocycles. The van der Waals surface area contributed by atoms with Crippen LogP contribution in [0.3, 0.4) is 0 Å². The van der Waals surface area contributed by atoms with Crippen LogP contribution in [-0.4, -0.2) is 47.1 Å². The van der Waals surface area contributed by atoms with Crippen molar-refractivity contribution >= 4 is 5.82 Å². The van der Waals surface area contributed by atoms with Gasteiger partial charge in [-0.2, -0.15) is 18.4 Å². The van der Waals surface area contributed by atoms with Gasteiger partial charge in [-0.3, -0.25) is 4.90 Å². The van der Waals surface area contributed by atoms with Gasteiger partial charge in [0.05, 0.1) is 11.3 Å². The summed E-state index contributed by atoms with van der Waals surface area (Å²) in [5, 5.41) is 9.26. The number of rotatable bonds is 3.